The monoisotopic (exact) mass is 376 g/mol. The number of H-pyrrole nitrogens is 1. The van der Waals surface area contributed by atoms with E-state index >= 15 is 0 Å². The van der Waals surface area contributed by atoms with Crippen molar-refractivity contribution in [3.8, 4) is 5.75 Å². The average molecular weight is 377 g/mol. The first-order valence-electron chi connectivity index (χ1n) is 8.51. The molecule has 1 aromatic carbocycles. The first-order chi connectivity index (χ1) is 12.5. The van der Waals surface area contributed by atoms with E-state index < -0.39 is 0 Å². The van der Waals surface area contributed by atoms with Crippen molar-refractivity contribution in [1.29, 1.82) is 0 Å². The third-order valence-electron chi connectivity index (χ3n) is 4.34. The number of aromatic amines is 1. The lowest BCUT2D eigenvalue weighted by atomic mass is 10.1. The van der Waals surface area contributed by atoms with Crippen LogP contribution in [0, 0.1) is 0 Å². The molecule has 26 heavy (non-hydrogen) atoms. The van der Waals surface area contributed by atoms with Crippen LogP contribution in [0.15, 0.2) is 30.6 Å². The molecule has 0 radical (unpaired) electrons. The van der Waals surface area contributed by atoms with Gasteiger partial charge in [-0.05, 0) is 18.2 Å². The van der Waals surface area contributed by atoms with Gasteiger partial charge in [0, 0.05) is 50.3 Å². The fourth-order valence-corrected chi connectivity index (χ4v) is 3.08. The Morgan fingerprint density at radius 3 is 2.81 bits per heavy atom. The van der Waals surface area contributed by atoms with Crippen LogP contribution >= 0.6 is 11.6 Å². The number of carbonyl (C=O) groups is 2. The molecule has 0 atom stereocenters. The van der Waals surface area contributed by atoms with Crippen molar-refractivity contribution in [2.24, 2.45) is 0 Å². The molecule has 2 aromatic rings. The molecular formula is C18H21ClN4O3. The molecule has 138 valence electrons. The van der Waals surface area contributed by atoms with E-state index in [4.69, 9.17) is 16.3 Å². The van der Waals surface area contributed by atoms with Gasteiger partial charge in [0.15, 0.2) is 0 Å². The molecule has 1 aliphatic heterocycles. The van der Waals surface area contributed by atoms with Gasteiger partial charge in [-0.2, -0.15) is 0 Å². The SMILES string of the molecule is CC(=O)N1CCC(Oc2ccc(Cl)cc2C(=O)NCc2ncc[nH]2)CC1. The molecule has 2 heterocycles. The van der Waals surface area contributed by atoms with Crippen LogP contribution in [0.1, 0.15) is 35.9 Å². The predicted octanol–water partition coefficient (Wildman–Crippen LogP) is 2.38. The number of piperidine rings is 1. The zero-order valence-electron chi connectivity index (χ0n) is 14.5. The lowest BCUT2D eigenvalue weighted by Crippen LogP contribution is -2.40. The van der Waals surface area contributed by atoms with Gasteiger partial charge in [0.2, 0.25) is 5.91 Å². The van der Waals surface area contributed by atoms with Crippen LogP contribution in [-0.4, -0.2) is 45.9 Å². The Bertz CT molecular complexity index is 771. The fourth-order valence-electron chi connectivity index (χ4n) is 2.90. The van der Waals surface area contributed by atoms with Crippen molar-refractivity contribution in [1.82, 2.24) is 20.2 Å². The maximum Gasteiger partial charge on any atom is 0.255 e. The molecule has 3 rings (SSSR count). The number of amides is 2. The van der Waals surface area contributed by atoms with E-state index in [0.717, 1.165) is 12.8 Å². The van der Waals surface area contributed by atoms with E-state index in [1.165, 1.54) is 0 Å². The Morgan fingerprint density at radius 2 is 2.15 bits per heavy atom. The van der Waals surface area contributed by atoms with E-state index in [1.54, 1.807) is 42.4 Å². The van der Waals surface area contributed by atoms with Crippen LogP contribution in [0.3, 0.4) is 0 Å². The van der Waals surface area contributed by atoms with E-state index in [1.807, 2.05) is 0 Å². The van der Waals surface area contributed by atoms with Gasteiger partial charge in [0.1, 0.15) is 17.7 Å². The maximum atomic E-state index is 12.6. The minimum Gasteiger partial charge on any atom is -0.489 e. The lowest BCUT2D eigenvalue weighted by molar-refractivity contribution is -0.130. The van der Waals surface area contributed by atoms with Gasteiger partial charge in [0.05, 0.1) is 12.1 Å². The zero-order valence-corrected chi connectivity index (χ0v) is 15.3. The molecule has 1 fully saturated rings. The van der Waals surface area contributed by atoms with E-state index in [-0.39, 0.29) is 24.5 Å². The molecule has 0 saturated carbocycles. The molecule has 7 nitrogen and oxygen atoms in total. The van der Waals surface area contributed by atoms with Crippen LogP contribution in [0.4, 0.5) is 0 Å². The standard InChI is InChI=1S/C18H21ClN4O3/c1-12(24)23-8-4-14(5-9-23)26-16-3-2-13(19)10-15(16)18(25)22-11-17-20-6-7-21-17/h2-3,6-7,10,14H,4-5,8-9,11H2,1H3,(H,20,21)(H,22,25). The maximum absolute atomic E-state index is 12.6. The third kappa shape index (κ3) is 4.54. The second-order valence-electron chi connectivity index (χ2n) is 6.18. The molecular weight excluding hydrogens is 356 g/mol. The van der Waals surface area contributed by atoms with Gasteiger partial charge >= 0.3 is 0 Å². The summed E-state index contributed by atoms with van der Waals surface area (Å²) < 4.78 is 6.05. The van der Waals surface area contributed by atoms with Gasteiger partial charge in [-0.3, -0.25) is 9.59 Å². The Labute approximate surface area is 156 Å². The number of carbonyl (C=O) groups excluding carboxylic acids is 2. The number of hydrogen-bond acceptors (Lipinski definition) is 4. The summed E-state index contributed by atoms with van der Waals surface area (Å²) in [6.07, 6.45) is 4.75. The highest BCUT2D eigenvalue weighted by Crippen LogP contribution is 2.26. The van der Waals surface area contributed by atoms with E-state index in [0.29, 0.717) is 35.2 Å². The summed E-state index contributed by atoms with van der Waals surface area (Å²) in [4.78, 5) is 32.8. The third-order valence-corrected chi connectivity index (χ3v) is 4.57. The van der Waals surface area contributed by atoms with Crippen molar-refractivity contribution in [3.05, 3.63) is 47.0 Å². The summed E-state index contributed by atoms with van der Waals surface area (Å²) in [5, 5.41) is 3.27. The number of aromatic nitrogens is 2. The van der Waals surface area contributed by atoms with Gasteiger partial charge < -0.3 is 19.9 Å². The highest BCUT2D eigenvalue weighted by Gasteiger charge is 2.24. The largest absolute Gasteiger partial charge is 0.489 e. The molecule has 2 N–H and O–H groups in total. The topological polar surface area (TPSA) is 87.3 Å². The van der Waals surface area contributed by atoms with Crippen molar-refractivity contribution in [2.75, 3.05) is 13.1 Å². The summed E-state index contributed by atoms with van der Waals surface area (Å²) in [7, 11) is 0. The first-order valence-corrected chi connectivity index (χ1v) is 8.89. The zero-order chi connectivity index (χ0) is 18.5. The number of imidazole rings is 1. The molecule has 0 unspecified atom stereocenters. The molecule has 8 heteroatoms. The summed E-state index contributed by atoms with van der Waals surface area (Å²) in [6, 6.07) is 5.01. The molecule has 0 spiro atoms. The highest BCUT2D eigenvalue weighted by molar-refractivity contribution is 6.31. The van der Waals surface area contributed by atoms with Gasteiger partial charge in [-0.25, -0.2) is 4.98 Å². The van der Waals surface area contributed by atoms with Crippen molar-refractivity contribution < 1.29 is 14.3 Å². The Hall–Kier alpha value is -2.54. The van der Waals surface area contributed by atoms with Crippen LogP contribution in [-0.2, 0) is 11.3 Å². The van der Waals surface area contributed by atoms with Crippen molar-refractivity contribution >= 4 is 23.4 Å². The minimum absolute atomic E-state index is 0.0385. The number of ether oxygens (including phenoxy) is 1. The van der Waals surface area contributed by atoms with Gasteiger partial charge in [-0.1, -0.05) is 11.6 Å². The summed E-state index contributed by atoms with van der Waals surface area (Å²) in [5.41, 5.74) is 0.387. The average Bonchev–Trinajstić information content (AvgIpc) is 3.15. The number of rotatable bonds is 5. The second-order valence-corrected chi connectivity index (χ2v) is 6.62. The molecule has 0 bridgehead atoms. The fraction of sp³-hybridized carbons (Fsp3) is 0.389. The number of likely N-dealkylation sites (tertiary alicyclic amines) is 1. The Kier molecular flexibility index (Phi) is 5.78. The Morgan fingerprint density at radius 1 is 1.38 bits per heavy atom. The normalized spacial score (nSPS) is 14.9. The second kappa shape index (κ2) is 8.23. The minimum atomic E-state index is -0.278. The van der Waals surface area contributed by atoms with Gasteiger partial charge in [-0.15, -0.1) is 0 Å². The highest BCUT2D eigenvalue weighted by atomic mass is 35.5. The lowest BCUT2D eigenvalue weighted by Gasteiger charge is -2.31. The van der Waals surface area contributed by atoms with Crippen molar-refractivity contribution in [3.63, 3.8) is 0 Å². The molecule has 1 aliphatic rings. The predicted molar refractivity (Wildman–Crippen MR) is 97.1 cm³/mol. The van der Waals surface area contributed by atoms with Crippen LogP contribution < -0.4 is 10.1 Å². The molecule has 2 amide bonds. The summed E-state index contributed by atoms with van der Waals surface area (Å²) in [6.45, 7) is 3.18. The number of nitrogens with one attached hydrogen (secondary N) is 2. The summed E-state index contributed by atoms with van der Waals surface area (Å²) >= 11 is 6.06. The van der Waals surface area contributed by atoms with Crippen LogP contribution in [0.2, 0.25) is 5.02 Å². The van der Waals surface area contributed by atoms with E-state index in [9.17, 15) is 9.59 Å². The molecule has 1 saturated heterocycles. The molecule has 1 aromatic heterocycles. The summed E-state index contributed by atoms with van der Waals surface area (Å²) in [5.74, 6) is 0.958. The number of hydrogen-bond donors (Lipinski definition) is 2. The number of benzene rings is 1. The van der Waals surface area contributed by atoms with Crippen LogP contribution in [0.5, 0.6) is 5.75 Å². The van der Waals surface area contributed by atoms with Gasteiger partial charge in [0.25, 0.3) is 5.91 Å². The first kappa shape index (κ1) is 18.3. The smallest absolute Gasteiger partial charge is 0.255 e. The number of nitrogens with zero attached hydrogens (tertiary/aromatic N) is 2. The van der Waals surface area contributed by atoms with Crippen molar-refractivity contribution in [2.45, 2.75) is 32.4 Å². The molecule has 0 aliphatic carbocycles. The van der Waals surface area contributed by atoms with E-state index in [2.05, 4.69) is 15.3 Å². The van der Waals surface area contributed by atoms with Crippen LogP contribution in [0.25, 0.3) is 0 Å². The number of halogens is 1. The Balaban J connectivity index is 1.66. The quantitative estimate of drug-likeness (QED) is 0.838.